The van der Waals surface area contributed by atoms with Gasteiger partial charge in [-0.25, -0.2) is 0 Å². The van der Waals surface area contributed by atoms with Crippen LogP contribution < -0.4 is 21.3 Å². The fourth-order valence-electron chi connectivity index (χ4n) is 6.02. The number of fused-ring (bicyclic) bond motifs is 4. The number of carbonyl (C=O) groups excluding carboxylic acids is 1. The summed E-state index contributed by atoms with van der Waals surface area (Å²) in [6.45, 7) is 7.31. The summed E-state index contributed by atoms with van der Waals surface area (Å²) < 4.78 is 10.8. The first-order chi connectivity index (χ1) is 19.2. The zero-order valence-electron chi connectivity index (χ0n) is 24.0. The predicted molar refractivity (Wildman–Crippen MR) is 158 cm³/mol. The molecule has 1 aromatic heterocycles. The zero-order chi connectivity index (χ0) is 27.1. The van der Waals surface area contributed by atoms with Gasteiger partial charge in [0.25, 0.3) is 0 Å². The van der Waals surface area contributed by atoms with Crippen molar-refractivity contribution in [2.24, 2.45) is 0 Å². The van der Waals surface area contributed by atoms with Gasteiger partial charge in [0.05, 0.1) is 31.0 Å². The van der Waals surface area contributed by atoms with Crippen LogP contribution in [0.15, 0.2) is 17.0 Å². The highest BCUT2D eigenvalue weighted by atomic mass is 32.2. The lowest BCUT2D eigenvalue weighted by Crippen LogP contribution is -2.53. The minimum absolute atomic E-state index is 0.170. The summed E-state index contributed by atoms with van der Waals surface area (Å²) in [5, 5.41) is 15.4. The molecule has 1 aliphatic heterocycles. The van der Waals surface area contributed by atoms with Crippen LogP contribution in [0.5, 0.6) is 0 Å². The summed E-state index contributed by atoms with van der Waals surface area (Å²) in [7, 11) is 0. The highest BCUT2D eigenvalue weighted by Gasteiger charge is 2.27. The van der Waals surface area contributed by atoms with Crippen molar-refractivity contribution in [1.29, 1.82) is 0 Å². The van der Waals surface area contributed by atoms with Gasteiger partial charge in [-0.05, 0) is 50.7 Å². The van der Waals surface area contributed by atoms with E-state index < -0.39 is 0 Å². The van der Waals surface area contributed by atoms with Crippen LogP contribution in [-0.4, -0.2) is 73.8 Å². The third-order valence-electron chi connectivity index (χ3n) is 8.09. The van der Waals surface area contributed by atoms with E-state index in [9.17, 15) is 4.79 Å². The van der Waals surface area contributed by atoms with Crippen molar-refractivity contribution in [3.05, 3.63) is 23.5 Å². The Hall–Kier alpha value is -1.23. The van der Waals surface area contributed by atoms with E-state index in [1.807, 2.05) is 11.8 Å². The smallest absolute Gasteiger partial charge is 0.308 e. The first kappa shape index (κ1) is 30.7. The third-order valence-corrected chi connectivity index (χ3v) is 9.15. The summed E-state index contributed by atoms with van der Waals surface area (Å²) in [5.74, 6) is 0.740. The summed E-state index contributed by atoms with van der Waals surface area (Å²) in [4.78, 5) is 18.2. The van der Waals surface area contributed by atoms with Crippen molar-refractivity contribution in [3.8, 4) is 0 Å². The number of thioether (sulfide) groups is 1. The number of aromatic nitrogens is 1. The molecule has 4 rings (SSSR count). The molecule has 2 heterocycles. The topological polar surface area (TPSA) is 96.5 Å². The van der Waals surface area contributed by atoms with E-state index in [1.54, 1.807) is 0 Å². The second-order valence-corrected chi connectivity index (χ2v) is 12.4. The number of pyridine rings is 1. The van der Waals surface area contributed by atoms with Crippen LogP contribution in [0.3, 0.4) is 0 Å². The molecule has 3 aliphatic rings. The molecule has 0 radical (unpaired) electrons. The number of carbonyl (C=O) groups is 1. The second kappa shape index (κ2) is 17.6. The van der Waals surface area contributed by atoms with Crippen molar-refractivity contribution >= 4 is 17.7 Å². The molecule has 4 atom stereocenters. The van der Waals surface area contributed by atoms with E-state index in [-0.39, 0.29) is 5.97 Å². The van der Waals surface area contributed by atoms with Gasteiger partial charge in [-0.2, -0.15) is 0 Å². The number of hydrogen-bond acceptors (Lipinski definition) is 9. The molecule has 4 N–H and O–H groups in total. The molecule has 0 saturated heterocycles. The molecule has 2 saturated carbocycles. The van der Waals surface area contributed by atoms with Gasteiger partial charge >= 0.3 is 5.97 Å². The summed E-state index contributed by atoms with van der Waals surface area (Å²) >= 11 is 1.83. The van der Waals surface area contributed by atoms with Crippen LogP contribution in [-0.2, 0) is 27.4 Å². The normalized spacial score (nSPS) is 26.5. The van der Waals surface area contributed by atoms with Crippen molar-refractivity contribution in [1.82, 2.24) is 26.3 Å². The van der Waals surface area contributed by atoms with Gasteiger partial charge in [-0.3, -0.25) is 9.78 Å². The van der Waals surface area contributed by atoms with Gasteiger partial charge in [-0.15, -0.1) is 11.8 Å². The van der Waals surface area contributed by atoms with Crippen molar-refractivity contribution in [3.63, 3.8) is 0 Å². The van der Waals surface area contributed by atoms with E-state index in [2.05, 4.69) is 40.3 Å². The largest absolute Gasteiger partial charge is 0.466 e. The van der Waals surface area contributed by atoms with E-state index >= 15 is 0 Å². The van der Waals surface area contributed by atoms with E-state index in [0.717, 1.165) is 56.2 Å². The summed E-state index contributed by atoms with van der Waals surface area (Å²) in [5.41, 5.74) is 2.24. The standard InChI is InChI=1S/C30H51N5O3S/c1-2-15-37-17-12-30(36)38-16-7-18-39-25-19-23-21-33-28-10-5-3-8-26(28)31-13-14-32-27-9-4-6-11-29(27)34-22-24(20-25)35-23/h19-20,26-29,31-34H,2-18,21-22H2,1H3/t26-,27-,28-,29-/m1/s1. The van der Waals surface area contributed by atoms with Gasteiger partial charge in [0.15, 0.2) is 0 Å². The third kappa shape index (κ3) is 10.9. The zero-order valence-corrected chi connectivity index (χ0v) is 24.8. The lowest BCUT2D eigenvalue weighted by molar-refractivity contribution is -0.144. The Morgan fingerprint density at radius 2 is 1.41 bits per heavy atom. The first-order valence-electron chi connectivity index (χ1n) is 15.5. The Morgan fingerprint density at radius 1 is 0.846 bits per heavy atom. The number of nitrogens with one attached hydrogen (secondary N) is 4. The molecule has 39 heavy (non-hydrogen) atoms. The van der Waals surface area contributed by atoms with E-state index in [1.165, 1.54) is 56.3 Å². The molecule has 2 aliphatic carbocycles. The molecule has 1 aromatic rings. The second-order valence-electron chi connectivity index (χ2n) is 11.2. The number of ether oxygens (including phenoxy) is 2. The molecule has 0 amide bonds. The number of hydrogen-bond donors (Lipinski definition) is 4. The molecule has 2 bridgehead atoms. The predicted octanol–water partition coefficient (Wildman–Crippen LogP) is 3.92. The van der Waals surface area contributed by atoms with Crippen LogP contribution in [0.25, 0.3) is 0 Å². The van der Waals surface area contributed by atoms with Crippen molar-refractivity contribution < 1.29 is 14.3 Å². The summed E-state index contributed by atoms with van der Waals surface area (Å²) in [6, 6.07) is 6.54. The van der Waals surface area contributed by atoms with Crippen molar-refractivity contribution in [2.45, 2.75) is 120 Å². The van der Waals surface area contributed by atoms with Crippen LogP contribution in [0, 0.1) is 0 Å². The minimum Gasteiger partial charge on any atom is -0.466 e. The van der Waals surface area contributed by atoms with E-state index in [4.69, 9.17) is 14.5 Å². The van der Waals surface area contributed by atoms with Gasteiger partial charge in [-0.1, -0.05) is 32.6 Å². The molecule has 0 aromatic carbocycles. The monoisotopic (exact) mass is 561 g/mol. The van der Waals surface area contributed by atoms with Gasteiger partial charge < -0.3 is 30.7 Å². The molecule has 0 spiro atoms. The van der Waals surface area contributed by atoms with E-state index in [0.29, 0.717) is 50.4 Å². The lowest BCUT2D eigenvalue weighted by atomic mass is 9.89. The van der Waals surface area contributed by atoms with Gasteiger partial charge in [0.1, 0.15) is 0 Å². The molecule has 0 unspecified atom stereocenters. The Labute approximate surface area is 239 Å². The lowest BCUT2D eigenvalue weighted by Gasteiger charge is -2.34. The summed E-state index contributed by atoms with van der Waals surface area (Å²) in [6.07, 6.45) is 12.3. The number of nitrogens with zero attached hydrogens (tertiary/aromatic N) is 1. The Kier molecular flexibility index (Phi) is 13.8. The molecule has 8 nitrogen and oxygen atoms in total. The highest BCUT2D eigenvalue weighted by molar-refractivity contribution is 7.99. The highest BCUT2D eigenvalue weighted by Crippen LogP contribution is 2.24. The molecule has 2 fully saturated rings. The maximum atomic E-state index is 11.9. The average molecular weight is 562 g/mol. The van der Waals surface area contributed by atoms with Gasteiger partial charge in [0.2, 0.25) is 0 Å². The SMILES string of the molecule is CCCOCCC(=O)OCCCSc1cc2nc(c1)CN[C@@H]1CCCC[C@H]1NCCN[C@@H]1CCCC[C@H]1NC2. The fraction of sp³-hybridized carbons (Fsp3) is 0.800. The maximum Gasteiger partial charge on any atom is 0.308 e. The Balaban J connectivity index is 1.34. The van der Waals surface area contributed by atoms with Crippen LogP contribution in [0.4, 0.5) is 0 Å². The van der Waals surface area contributed by atoms with Gasteiger partial charge in [0, 0.05) is 67.6 Å². The first-order valence-corrected chi connectivity index (χ1v) is 16.5. The molecular weight excluding hydrogens is 510 g/mol. The maximum absolute atomic E-state index is 11.9. The van der Waals surface area contributed by atoms with Crippen LogP contribution in [0.1, 0.15) is 88.9 Å². The van der Waals surface area contributed by atoms with Crippen LogP contribution >= 0.6 is 11.8 Å². The molecular formula is C30H51N5O3S. The average Bonchev–Trinajstić information content (AvgIpc) is 2.96. The number of esters is 1. The fourth-order valence-corrected chi connectivity index (χ4v) is 6.95. The minimum atomic E-state index is -0.170. The van der Waals surface area contributed by atoms with Crippen molar-refractivity contribution in [2.75, 3.05) is 38.7 Å². The molecule has 9 heteroatoms. The molecule has 220 valence electrons. The van der Waals surface area contributed by atoms with Crippen LogP contribution in [0.2, 0.25) is 0 Å². The Morgan fingerprint density at radius 3 is 1.97 bits per heavy atom. The number of rotatable bonds is 10. The Bertz CT molecular complexity index is 812. The quantitative estimate of drug-likeness (QED) is 0.193.